The summed E-state index contributed by atoms with van der Waals surface area (Å²) in [6.45, 7) is 2.38. The van der Waals surface area contributed by atoms with Crippen molar-refractivity contribution < 1.29 is 14.0 Å². The first-order valence-corrected chi connectivity index (χ1v) is 10.0. The van der Waals surface area contributed by atoms with Crippen LogP contribution in [-0.4, -0.2) is 18.4 Å². The molecule has 2 aromatic carbocycles. The van der Waals surface area contributed by atoms with Crippen LogP contribution in [-0.2, 0) is 11.2 Å². The highest BCUT2D eigenvalue weighted by Crippen LogP contribution is 2.11. The van der Waals surface area contributed by atoms with Crippen LogP contribution in [0.1, 0.15) is 33.7 Å². The van der Waals surface area contributed by atoms with E-state index in [0.717, 1.165) is 24.0 Å². The quantitative estimate of drug-likeness (QED) is 0.406. The number of rotatable bonds is 8. The fourth-order valence-electron chi connectivity index (χ4n) is 2.90. The number of halogens is 1. The van der Waals surface area contributed by atoms with Crippen LogP contribution in [0.2, 0.25) is 5.02 Å². The van der Waals surface area contributed by atoms with Crippen molar-refractivity contribution in [2.45, 2.75) is 19.8 Å². The molecule has 1 heterocycles. The van der Waals surface area contributed by atoms with Crippen molar-refractivity contribution >= 4 is 29.5 Å². The lowest BCUT2D eigenvalue weighted by atomic mass is 10.1. The van der Waals surface area contributed by atoms with Crippen molar-refractivity contribution in [3.8, 4) is 0 Å². The summed E-state index contributed by atoms with van der Waals surface area (Å²) in [6, 6.07) is 18.2. The van der Waals surface area contributed by atoms with Crippen LogP contribution in [0.25, 0.3) is 6.08 Å². The first-order valence-electron chi connectivity index (χ1n) is 9.67. The fourth-order valence-corrected chi connectivity index (χ4v) is 3.02. The number of amides is 2. The van der Waals surface area contributed by atoms with Gasteiger partial charge in [0.2, 0.25) is 0 Å². The van der Waals surface area contributed by atoms with Crippen LogP contribution in [0.3, 0.4) is 0 Å². The maximum atomic E-state index is 12.7. The zero-order valence-corrected chi connectivity index (χ0v) is 17.4. The number of carbonyl (C=O) groups is 2. The third-order valence-electron chi connectivity index (χ3n) is 4.44. The largest absolute Gasteiger partial charge is 0.465 e. The van der Waals surface area contributed by atoms with Crippen LogP contribution >= 0.6 is 11.6 Å². The second kappa shape index (κ2) is 10.5. The molecule has 0 saturated heterocycles. The van der Waals surface area contributed by atoms with E-state index in [1.165, 1.54) is 12.3 Å². The molecular weight excluding hydrogens is 400 g/mol. The lowest BCUT2D eigenvalue weighted by molar-refractivity contribution is -0.117. The predicted molar refractivity (Wildman–Crippen MR) is 118 cm³/mol. The topological polar surface area (TPSA) is 71.3 Å². The Labute approximate surface area is 180 Å². The Morgan fingerprint density at radius 3 is 2.57 bits per heavy atom. The summed E-state index contributed by atoms with van der Waals surface area (Å²) in [4.78, 5) is 25.3. The Morgan fingerprint density at radius 2 is 1.87 bits per heavy atom. The van der Waals surface area contributed by atoms with Gasteiger partial charge >= 0.3 is 0 Å². The molecule has 2 amide bonds. The first kappa shape index (κ1) is 21.4. The second-order valence-electron chi connectivity index (χ2n) is 6.88. The standard InChI is InChI=1S/C24H23ClN2O3/c1-17-5-2-7-19(15-17)23(28)27-22(16-21-8-4-14-30-21)24(29)26-13-3-6-18-9-11-20(25)12-10-18/h2,4-5,7-12,14-16H,3,6,13H2,1H3,(H,26,29)(H,27,28)/b22-16-. The third kappa shape index (κ3) is 6.36. The lowest BCUT2D eigenvalue weighted by Crippen LogP contribution is -2.35. The maximum Gasteiger partial charge on any atom is 0.267 e. The van der Waals surface area contributed by atoms with E-state index in [1.807, 2.05) is 37.3 Å². The highest BCUT2D eigenvalue weighted by molar-refractivity contribution is 6.30. The molecule has 0 aliphatic carbocycles. The van der Waals surface area contributed by atoms with Crippen molar-refractivity contribution in [2.24, 2.45) is 0 Å². The molecule has 0 bridgehead atoms. The van der Waals surface area contributed by atoms with Gasteiger partial charge in [-0.2, -0.15) is 0 Å². The molecule has 6 heteroatoms. The van der Waals surface area contributed by atoms with Crippen LogP contribution in [0.15, 0.2) is 77.0 Å². The fraction of sp³-hybridized carbons (Fsp3) is 0.167. The van der Waals surface area contributed by atoms with Crippen LogP contribution < -0.4 is 10.6 Å². The lowest BCUT2D eigenvalue weighted by Gasteiger charge is -2.11. The Kier molecular flexibility index (Phi) is 7.46. The van der Waals surface area contributed by atoms with E-state index in [-0.39, 0.29) is 17.5 Å². The number of carbonyl (C=O) groups excluding carboxylic acids is 2. The second-order valence-corrected chi connectivity index (χ2v) is 7.32. The molecule has 0 atom stereocenters. The van der Waals surface area contributed by atoms with E-state index in [2.05, 4.69) is 10.6 Å². The molecule has 0 aliphatic rings. The molecule has 0 unspecified atom stereocenters. The number of furan rings is 1. The van der Waals surface area contributed by atoms with Gasteiger partial charge in [0.25, 0.3) is 11.8 Å². The average molecular weight is 423 g/mol. The van der Waals surface area contributed by atoms with Crippen LogP contribution in [0.5, 0.6) is 0 Å². The summed E-state index contributed by atoms with van der Waals surface area (Å²) in [5, 5.41) is 6.25. The van der Waals surface area contributed by atoms with Crippen molar-refractivity contribution in [3.05, 3.63) is 100 Å². The molecule has 0 fully saturated rings. The monoisotopic (exact) mass is 422 g/mol. The molecule has 30 heavy (non-hydrogen) atoms. The highest BCUT2D eigenvalue weighted by atomic mass is 35.5. The Bertz CT molecular complexity index is 1020. The van der Waals surface area contributed by atoms with Crippen molar-refractivity contribution in [3.63, 3.8) is 0 Å². The smallest absolute Gasteiger partial charge is 0.267 e. The van der Waals surface area contributed by atoms with Gasteiger partial charge < -0.3 is 15.1 Å². The number of hydrogen-bond donors (Lipinski definition) is 2. The predicted octanol–water partition coefficient (Wildman–Crippen LogP) is 4.76. The zero-order chi connectivity index (χ0) is 21.3. The normalized spacial score (nSPS) is 11.2. The summed E-state index contributed by atoms with van der Waals surface area (Å²) in [5.74, 6) is -0.248. The van der Waals surface area contributed by atoms with Crippen molar-refractivity contribution in [1.82, 2.24) is 10.6 Å². The molecule has 1 aromatic heterocycles. The number of aryl methyl sites for hydroxylation is 2. The van der Waals surface area contributed by atoms with Gasteiger partial charge in [-0.1, -0.05) is 41.4 Å². The van der Waals surface area contributed by atoms with Crippen molar-refractivity contribution in [1.29, 1.82) is 0 Å². The molecule has 0 radical (unpaired) electrons. The minimum atomic E-state index is -0.372. The van der Waals surface area contributed by atoms with Crippen molar-refractivity contribution in [2.75, 3.05) is 6.54 Å². The Morgan fingerprint density at radius 1 is 1.07 bits per heavy atom. The first-order chi connectivity index (χ1) is 14.5. The summed E-state index contributed by atoms with van der Waals surface area (Å²) >= 11 is 5.90. The molecule has 0 spiro atoms. The minimum Gasteiger partial charge on any atom is -0.465 e. The van der Waals surface area contributed by atoms with Gasteiger partial charge in [0.05, 0.1) is 6.26 Å². The van der Waals surface area contributed by atoms with Gasteiger partial charge in [-0.15, -0.1) is 0 Å². The van der Waals surface area contributed by atoms with E-state index >= 15 is 0 Å². The van der Waals surface area contributed by atoms with Gasteiger partial charge in [-0.3, -0.25) is 9.59 Å². The van der Waals surface area contributed by atoms with Gasteiger partial charge in [-0.05, 0) is 61.7 Å². The minimum absolute atomic E-state index is 0.128. The molecule has 2 N–H and O–H groups in total. The molecule has 3 aromatic rings. The summed E-state index contributed by atoms with van der Waals surface area (Å²) in [7, 11) is 0. The summed E-state index contributed by atoms with van der Waals surface area (Å²) in [6.07, 6.45) is 4.59. The average Bonchev–Trinajstić information content (AvgIpc) is 3.25. The number of nitrogens with one attached hydrogen (secondary N) is 2. The molecule has 154 valence electrons. The molecule has 0 saturated carbocycles. The third-order valence-corrected chi connectivity index (χ3v) is 4.70. The highest BCUT2D eigenvalue weighted by Gasteiger charge is 2.15. The van der Waals surface area contributed by atoms with Crippen LogP contribution in [0, 0.1) is 6.92 Å². The van der Waals surface area contributed by atoms with E-state index < -0.39 is 0 Å². The maximum absolute atomic E-state index is 12.7. The van der Waals surface area contributed by atoms with Crippen LogP contribution in [0.4, 0.5) is 0 Å². The van der Waals surface area contributed by atoms with E-state index in [9.17, 15) is 9.59 Å². The summed E-state index contributed by atoms with van der Waals surface area (Å²) in [5.41, 5.74) is 2.72. The number of hydrogen-bond acceptors (Lipinski definition) is 3. The van der Waals surface area contributed by atoms with E-state index in [1.54, 1.807) is 30.3 Å². The Hall–Kier alpha value is -3.31. The van der Waals surface area contributed by atoms with E-state index in [0.29, 0.717) is 22.9 Å². The summed E-state index contributed by atoms with van der Waals surface area (Å²) < 4.78 is 5.30. The van der Waals surface area contributed by atoms with Gasteiger partial charge in [0, 0.05) is 23.2 Å². The van der Waals surface area contributed by atoms with E-state index in [4.69, 9.17) is 16.0 Å². The zero-order valence-electron chi connectivity index (χ0n) is 16.7. The molecule has 0 aliphatic heterocycles. The Balaban J connectivity index is 1.62. The van der Waals surface area contributed by atoms with Gasteiger partial charge in [0.1, 0.15) is 11.5 Å². The number of benzene rings is 2. The molecule has 3 rings (SSSR count). The van der Waals surface area contributed by atoms with Gasteiger partial charge in [0.15, 0.2) is 0 Å². The molecular formula is C24H23ClN2O3. The molecule has 5 nitrogen and oxygen atoms in total. The SMILES string of the molecule is Cc1cccc(C(=O)N/C(=C\c2ccco2)C(=O)NCCCc2ccc(Cl)cc2)c1. The van der Waals surface area contributed by atoms with Gasteiger partial charge in [-0.25, -0.2) is 0 Å².